The molecular weight excluding hydrogens is 264 g/mol. The second-order valence-corrected chi connectivity index (χ2v) is 4.11. The first-order valence-electron chi connectivity index (χ1n) is 5.76. The number of carboxylic acids is 1. The Morgan fingerprint density at radius 2 is 2.10 bits per heavy atom. The van der Waals surface area contributed by atoms with Gasteiger partial charge in [-0.1, -0.05) is 12.2 Å². The molecule has 1 rings (SSSR count). The molecule has 2 N–H and O–H groups in total. The van der Waals surface area contributed by atoms with Crippen molar-refractivity contribution >= 4 is 23.6 Å². The van der Waals surface area contributed by atoms with E-state index in [4.69, 9.17) is 5.11 Å². The SMILES string of the molecule is CC(=O)NCC=Cc1cc(C(=O)O)c(C)c([N+](=O)[O-])c1. The number of aromatic carboxylic acids is 1. The van der Waals surface area contributed by atoms with Crippen LogP contribution in [0.4, 0.5) is 5.69 Å². The number of rotatable bonds is 5. The molecule has 0 aliphatic heterocycles. The van der Waals surface area contributed by atoms with Gasteiger partial charge in [-0.15, -0.1) is 0 Å². The fraction of sp³-hybridized carbons (Fsp3) is 0.231. The van der Waals surface area contributed by atoms with E-state index in [1.807, 2.05) is 0 Å². The Labute approximate surface area is 115 Å². The molecule has 0 saturated carbocycles. The molecular formula is C13H14N2O5. The summed E-state index contributed by atoms with van der Waals surface area (Å²) in [5.41, 5.74) is 0.147. The Kier molecular flexibility index (Phi) is 4.96. The smallest absolute Gasteiger partial charge is 0.336 e. The number of hydrogen-bond acceptors (Lipinski definition) is 4. The highest BCUT2D eigenvalue weighted by atomic mass is 16.6. The van der Waals surface area contributed by atoms with Crippen molar-refractivity contribution in [2.24, 2.45) is 0 Å². The monoisotopic (exact) mass is 278 g/mol. The minimum atomic E-state index is -1.22. The van der Waals surface area contributed by atoms with E-state index in [2.05, 4.69) is 5.32 Å². The van der Waals surface area contributed by atoms with Crippen LogP contribution in [0.5, 0.6) is 0 Å². The van der Waals surface area contributed by atoms with Crippen molar-refractivity contribution in [1.29, 1.82) is 0 Å². The molecule has 1 aromatic carbocycles. The minimum absolute atomic E-state index is 0.113. The Morgan fingerprint density at radius 1 is 1.45 bits per heavy atom. The zero-order chi connectivity index (χ0) is 15.3. The summed E-state index contributed by atoms with van der Waals surface area (Å²) < 4.78 is 0. The zero-order valence-electron chi connectivity index (χ0n) is 11.0. The van der Waals surface area contributed by atoms with Gasteiger partial charge in [0.2, 0.25) is 5.91 Å². The normalized spacial score (nSPS) is 10.5. The van der Waals surface area contributed by atoms with Crippen LogP contribution in [0, 0.1) is 17.0 Å². The fourth-order valence-electron chi connectivity index (χ4n) is 1.63. The number of nitrogens with zero attached hydrogens (tertiary/aromatic N) is 1. The lowest BCUT2D eigenvalue weighted by molar-refractivity contribution is -0.385. The van der Waals surface area contributed by atoms with E-state index in [9.17, 15) is 19.7 Å². The van der Waals surface area contributed by atoms with E-state index in [0.29, 0.717) is 5.56 Å². The first kappa shape index (κ1) is 15.4. The summed E-state index contributed by atoms with van der Waals surface area (Å²) in [4.78, 5) is 32.0. The van der Waals surface area contributed by atoms with Crippen molar-refractivity contribution in [1.82, 2.24) is 5.32 Å². The lowest BCUT2D eigenvalue weighted by Crippen LogP contribution is -2.19. The van der Waals surface area contributed by atoms with Gasteiger partial charge < -0.3 is 10.4 Å². The molecule has 0 fully saturated rings. The maximum absolute atomic E-state index is 11.1. The Bertz CT molecular complexity index is 557. The molecule has 106 valence electrons. The summed E-state index contributed by atoms with van der Waals surface area (Å²) in [5, 5.41) is 22.5. The minimum Gasteiger partial charge on any atom is -0.478 e. The zero-order valence-corrected chi connectivity index (χ0v) is 11.0. The lowest BCUT2D eigenvalue weighted by atomic mass is 10.0. The number of carbonyl (C=O) groups excluding carboxylic acids is 1. The van der Waals surface area contributed by atoms with Crippen LogP contribution in [0.3, 0.4) is 0 Å². The summed E-state index contributed by atoms with van der Waals surface area (Å²) in [6.07, 6.45) is 3.11. The Balaban J connectivity index is 3.11. The lowest BCUT2D eigenvalue weighted by Gasteiger charge is -2.04. The van der Waals surface area contributed by atoms with Crippen LogP contribution in [0.1, 0.15) is 28.4 Å². The number of carbonyl (C=O) groups is 2. The van der Waals surface area contributed by atoms with Gasteiger partial charge in [-0.05, 0) is 18.6 Å². The molecule has 0 bridgehead atoms. The molecule has 1 amide bonds. The maximum atomic E-state index is 11.1. The van der Waals surface area contributed by atoms with Crippen molar-refractivity contribution in [3.63, 3.8) is 0 Å². The van der Waals surface area contributed by atoms with Crippen LogP contribution in [-0.2, 0) is 4.79 Å². The summed E-state index contributed by atoms with van der Waals surface area (Å²) in [6, 6.07) is 2.65. The van der Waals surface area contributed by atoms with Gasteiger partial charge in [0.1, 0.15) is 0 Å². The average Bonchev–Trinajstić information content (AvgIpc) is 2.35. The van der Waals surface area contributed by atoms with Crippen LogP contribution in [0.15, 0.2) is 18.2 Å². The third-order valence-electron chi connectivity index (χ3n) is 2.61. The van der Waals surface area contributed by atoms with Crippen molar-refractivity contribution in [2.45, 2.75) is 13.8 Å². The van der Waals surface area contributed by atoms with E-state index in [-0.39, 0.29) is 29.3 Å². The van der Waals surface area contributed by atoms with Crippen LogP contribution < -0.4 is 5.32 Å². The van der Waals surface area contributed by atoms with Crippen molar-refractivity contribution in [3.05, 3.63) is 45.0 Å². The molecule has 1 aromatic rings. The van der Waals surface area contributed by atoms with Crippen molar-refractivity contribution < 1.29 is 19.6 Å². The number of nitrogens with one attached hydrogen (secondary N) is 1. The molecule has 0 saturated heterocycles. The summed E-state index contributed by atoms with van der Waals surface area (Å²) in [5.74, 6) is -1.42. The van der Waals surface area contributed by atoms with Gasteiger partial charge in [-0.2, -0.15) is 0 Å². The number of hydrogen-bond donors (Lipinski definition) is 2. The van der Waals surface area contributed by atoms with Gasteiger partial charge in [0.25, 0.3) is 5.69 Å². The topological polar surface area (TPSA) is 110 Å². The maximum Gasteiger partial charge on any atom is 0.336 e. The molecule has 0 aliphatic rings. The van der Waals surface area contributed by atoms with Crippen LogP contribution in [-0.4, -0.2) is 28.5 Å². The number of nitro groups is 1. The molecule has 7 heteroatoms. The second-order valence-electron chi connectivity index (χ2n) is 4.11. The highest BCUT2D eigenvalue weighted by Gasteiger charge is 2.19. The molecule has 0 atom stereocenters. The number of carboxylic acid groups (broad SMARTS) is 1. The standard InChI is InChI=1S/C13H14N2O5/c1-8-11(13(17)18)6-10(7-12(8)15(19)20)4-3-5-14-9(2)16/h3-4,6-7H,5H2,1-2H3,(H,14,16)(H,17,18). The molecule has 7 nitrogen and oxygen atoms in total. The van der Waals surface area contributed by atoms with Gasteiger partial charge in [-0.3, -0.25) is 14.9 Å². The first-order chi connectivity index (χ1) is 9.32. The number of nitro benzene ring substituents is 1. The van der Waals surface area contributed by atoms with Gasteiger partial charge in [0.15, 0.2) is 0 Å². The van der Waals surface area contributed by atoms with Crippen molar-refractivity contribution in [2.75, 3.05) is 6.54 Å². The first-order valence-corrected chi connectivity index (χ1v) is 5.76. The average molecular weight is 278 g/mol. The van der Waals surface area contributed by atoms with Crippen molar-refractivity contribution in [3.8, 4) is 0 Å². The van der Waals surface area contributed by atoms with Gasteiger partial charge in [0, 0.05) is 25.1 Å². The van der Waals surface area contributed by atoms with Gasteiger partial charge in [0.05, 0.1) is 10.5 Å². The molecule has 0 radical (unpaired) electrons. The van der Waals surface area contributed by atoms with E-state index in [1.54, 1.807) is 6.08 Å². The number of benzene rings is 1. The van der Waals surface area contributed by atoms with Gasteiger partial charge >= 0.3 is 5.97 Å². The highest BCUT2D eigenvalue weighted by Crippen LogP contribution is 2.24. The molecule has 0 aromatic heterocycles. The Hall–Kier alpha value is -2.70. The highest BCUT2D eigenvalue weighted by molar-refractivity contribution is 5.91. The van der Waals surface area contributed by atoms with Gasteiger partial charge in [-0.25, -0.2) is 4.79 Å². The third-order valence-corrected chi connectivity index (χ3v) is 2.61. The quantitative estimate of drug-likeness (QED) is 0.629. The predicted octanol–water partition coefficient (Wildman–Crippen LogP) is 1.75. The molecule has 20 heavy (non-hydrogen) atoms. The summed E-state index contributed by atoms with van der Waals surface area (Å²) >= 11 is 0. The molecule has 0 aliphatic carbocycles. The predicted molar refractivity (Wildman–Crippen MR) is 72.5 cm³/mol. The number of amides is 1. The molecule has 0 heterocycles. The largest absolute Gasteiger partial charge is 0.478 e. The van der Waals surface area contributed by atoms with E-state index in [1.165, 1.54) is 32.1 Å². The summed E-state index contributed by atoms with van der Waals surface area (Å²) in [6.45, 7) is 3.03. The van der Waals surface area contributed by atoms with Crippen LogP contribution >= 0.6 is 0 Å². The van der Waals surface area contributed by atoms with E-state index < -0.39 is 10.9 Å². The van der Waals surface area contributed by atoms with E-state index in [0.717, 1.165) is 0 Å². The third kappa shape index (κ3) is 3.91. The fourth-order valence-corrected chi connectivity index (χ4v) is 1.63. The van der Waals surface area contributed by atoms with Crippen LogP contribution in [0.25, 0.3) is 6.08 Å². The summed E-state index contributed by atoms with van der Waals surface area (Å²) in [7, 11) is 0. The van der Waals surface area contributed by atoms with Crippen LogP contribution in [0.2, 0.25) is 0 Å². The Morgan fingerprint density at radius 3 is 2.60 bits per heavy atom. The second kappa shape index (κ2) is 6.46. The van der Waals surface area contributed by atoms with E-state index >= 15 is 0 Å². The molecule has 0 unspecified atom stereocenters. The molecule has 0 spiro atoms.